The van der Waals surface area contributed by atoms with Gasteiger partial charge in [0.2, 0.25) is 0 Å². The van der Waals surface area contributed by atoms with E-state index in [9.17, 15) is 0 Å². The van der Waals surface area contributed by atoms with Crippen LogP contribution in [0.5, 0.6) is 0 Å². The van der Waals surface area contributed by atoms with E-state index in [1.54, 1.807) is 5.56 Å². The van der Waals surface area contributed by atoms with Crippen molar-refractivity contribution in [3.63, 3.8) is 0 Å². The standard InChI is InChI=1S/C88H84N2/c1-4-6-8-10-12-21-59-88(60-22-13-11-9-7-5-2)86-34-20-19-33-84(86)85-58-57-83(64-87(85)88)90(81-47-37-68(38-48-81)66-26-15-14-16-27-66)82-55-43-71(44-56-82)76-32-24-31-75(62-76)70-41-51-79(52-42-70)89(78-49-39-69(40-50-78)73-30-23-25-65(3)61-73)80-53-45-72(46-54-80)77-36-35-67-28-17-18-29-74(67)63-77/h14-20,23-58,61-64H,4-13,21-22,59-60H2,1-3H3. The third-order valence-electron chi connectivity index (χ3n) is 19.1. The zero-order valence-corrected chi connectivity index (χ0v) is 52.9. The van der Waals surface area contributed by atoms with Crippen molar-refractivity contribution in [1.29, 1.82) is 0 Å². The van der Waals surface area contributed by atoms with Crippen LogP contribution < -0.4 is 9.80 Å². The molecule has 0 amide bonds. The number of fused-ring (bicyclic) bond motifs is 4. The maximum absolute atomic E-state index is 2.60. The molecule has 13 rings (SSSR count). The van der Waals surface area contributed by atoms with Crippen molar-refractivity contribution in [1.82, 2.24) is 0 Å². The van der Waals surface area contributed by atoms with Gasteiger partial charge in [-0.2, -0.15) is 0 Å². The average molecular weight is 1170 g/mol. The fourth-order valence-corrected chi connectivity index (χ4v) is 14.3. The highest BCUT2D eigenvalue weighted by molar-refractivity contribution is 5.90. The normalized spacial score (nSPS) is 12.2. The Morgan fingerprint density at radius 2 is 0.611 bits per heavy atom. The first kappa shape index (κ1) is 59.5. The number of aryl methyl sites for hydroxylation is 1. The predicted molar refractivity (Wildman–Crippen MR) is 387 cm³/mol. The molecule has 0 aliphatic heterocycles. The molecular formula is C88H84N2. The molecule has 0 unspecified atom stereocenters. The fourth-order valence-electron chi connectivity index (χ4n) is 14.3. The van der Waals surface area contributed by atoms with E-state index in [1.165, 1.54) is 184 Å². The predicted octanol–water partition coefficient (Wildman–Crippen LogP) is 26.2. The first-order chi connectivity index (χ1) is 44.4. The van der Waals surface area contributed by atoms with Crippen molar-refractivity contribution in [2.45, 2.75) is 116 Å². The van der Waals surface area contributed by atoms with Gasteiger partial charge in [-0.3, -0.25) is 0 Å². The summed E-state index contributed by atoms with van der Waals surface area (Å²) in [5.74, 6) is 0. The zero-order chi connectivity index (χ0) is 61.1. The molecule has 0 bridgehead atoms. The molecule has 0 spiro atoms. The molecule has 0 fully saturated rings. The summed E-state index contributed by atoms with van der Waals surface area (Å²) in [6.07, 6.45) is 18.0. The van der Waals surface area contributed by atoms with E-state index in [4.69, 9.17) is 0 Å². The van der Waals surface area contributed by atoms with Gasteiger partial charge in [-0.1, -0.05) is 297 Å². The monoisotopic (exact) mass is 1170 g/mol. The summed E-state index contributed by atoms with van der Waals surface area (Å²) in [6.45, 7) is 6.80. The van der Waals surface area contributed by atoms with Crippen LogP contribution in [0.1, 0.15) is 120 Å². The minimum Gasteiger partial charge on any atom is -0.311 e. The lowest BCUT2D eigenvalue weighted by Gasteiger charge is -2.34. The van der Waals surface area contributed by atoms with Gasteiger partial charge in [-0.15, -0.1) is 0 Å². The Bertz CT molecular complexity index is 4290. The molecule has 12 aromatic carbocycles. The maximum atomic E-state index is 2.60. The summed E-state index contributed by atoms with van der Waals surface area (Å²) < 4.78 is 0. The highest BCUT2D eigenvalue weighted by atomic mass is 15.1. The van der Waals surface area contributed by atoms with Crippen LogP contribution in [0.3, 0.4) is 0 Å². The Balaban J connectivity index is 0.813. The Morgan fingerprint density at radius 1 is 0.244 bits per heavy atom. The molecule has 12 aromatic rings. The SMILES string of the molecule is CCCCCCCCC1(CCCCCCCC)c2ccccc2-c2ccc(N(c3ccc(-c4ccccc4)cc3)c3ccc(-c4cccc(-c5ccc(N(c6ccc(-c7cccc(C)c7)cc6)c6ccc(-c7ccc8ccccc8c7)cc6)cc5)c4)cc3)cc21. The zero-order valence-electron chi connectivity index (χ0n) is 52.9. The molecule has 90 heavy (non-hydrogen) atoms. The Kier molecular flexibility index (Phi) is 18.4. The lowest BCUT2D eigenvalue weighted by atomic mass is 9.70. The molecule has 0 N–H and O–H groups in total. The second-order valence-electron chi connectivity index (χ2n) is 25.2. The molecule has 1 aliphatic rings. The van der Waals surface area contributed by atoms with Crippen molar-refractivity contribution in [3.8, 4) is 66.8 Å². The van der Waals surface area contributed by atoms with Crippen molar-refractivity contribution in [3.05, 3.63) is 302 Å². The first-order valence-electron chi connectivity index (χ1n) is 33.5. The minimum atomic E-state index is -0.0188. The topological polar surface area (TPSA) is 6.48 Å². The third-order valence-corrected chi connectivity index (χ3v) is 19.1. The molecular weight excluding hydrogens is 1080 g/mol. The second-order valence-corrected chi connectivity index (χ2v) is 25.2. The highest BCUT2D eigenvalue weighted by Crippen LogP contribution is 2.56. The number of hydrogen-bond donors (Lipinski definition) is 0. The second kappa shape index (κ2) is 27.9. The number of benzene rings is 12. The van der Waals surface area contributed by atoms with Crippen LogP contribution in [0.4, 0.5) is 34.1 Å². The summed E-state index contributed by atoms with van der Waals surface area (Å²) in [5.41, 5.74) is 26.0. The number of unbranched alkanes of at least 4 members (excludes halogenated alkanes) is 10. The molecule has 0 heterocycles. The maximum Gasteiger partial charge on any atom is 0.0465 e. The van der Waals surface area contributed by atoms with Crippen molar-refractivity contribution >= 4 is 44.9 Å². The molecule has 0 radical (unpaired) electrons. The number of hydrogen-bond acceptors (Lipinski definition) is 2. The molecule has 1 aliphatic carbocycles. The summed E-state index contributed by atoms with van der Waals surface area (Å²) in [4.78, 5) is 4.87. The summed E-state index contributed by atoms with van der Waals surface area (Å²) >= 11 is 0. The Morgan fingerprint density at radius 3 is 1.13 bits per heavy atom. The van der Waals surface area contributed by atoms with Gasteiger partial charge in [0.25, 0.3) is 0 Å². The number of nitrogens with zero attached hydrogens (tertiary/aromatic N) is 2. The van der Waals surface area contributed by atoms with Crippen molar-refractivity contribution in [2.24, 2.45) is 0 Å². The molecule has 0 saturated heterocycles. The van der Waals surface area contributed by atoms with Gasteiger partial charge in [-0.25, -0.2) is 0 Å². The van der Waals surface area contributed by atoms with Crippen molar-refractivity contribution < 1.29 is 0 Å². The van der Waals surface area contributed by atoms with Gasteiger partial charge in [0.1, 0.15) is 0 Å². The van der Waals surface area contributed by atoms with Gasteiger partial charge in [0.05, 0.1) is 0 Å². The fraction of sp³-hybridized carbons (Fsp3) is 0.205. The van der Waals surface area contributed by atoms with Gasteiger partial charge in [-0.05, 0) is 193 Å². The van der Waals surface area contributed by atoms with Gasteiger partial charge >= 0.3 is 0 Å². The minimum absolute atomic E-state index is 0.0188. The number of rotatable bonds is 25. The third kappa shape index (κ3) is 13.0. The van der Waals surface area contributed by atoms with Crippen LogP contribution in [-0.2, 0) is 5.41 Å². The summed E-state index contributed by atoms with van der Waals surface area (Å²) in [6, 6.07) is 106. The van der Waals surface area contributed by atoms with E-state index in [2.05, 4.69) is 316 Å². The van der Waals surface area contributed by atoms with Crippen LogP contribution in [0.2, 0.25) is 0 Å². The van der Waals surface area contributed by atoms with E-state index in [-0.39, 0.29) is 5.41 Å². The molecule has 0 saturated carbocycles. The van der Waals surface area contributed by atoms with E-state index < -0.39 is 0 Å². The first-order valence-corrected chi connectivity index (χ1v) is 33.5. The smallest absolute Gasteiger partial charge is 0.0465 e. The highest BCUT2D eigenvalue weighted by Gasteiger charge is 2.42. The van der Waals surface area contributed by atoms with E-state index in [0.29, 0.717) is 0 Å². The van der Waals surface area contributed by atoms with E-state index >= 15 is 0 Å². The van der Waals surface area contributed by atoms with Crippen molar-refractivity contribution in [2.75, 3.05) is 9.80 Å². The van der Waals surface area contributed by atoms with Gasteiger partial charge in [0.15, 0.2) is 0 Å². The van der Waals surface area contributed by atoms with Gasteiger partial charge in [0, 0.05) is 39.5 Å². The molecule has 446 valence electrons. The molecule has 2 heteroatoms. The quantitative estimate of drug-likeness (QED) is 0.0526. The summed E-state index contributed by atoms with van der Waals surface area (Å²) in [5, 5.41) is 2.50. The molecule has 2 nitrogen and oxygen atoms in total. The lowest BCUT2D eigenvalue weighted by molar-refractivity contribution is 0.398. The Labute approximate surface area is 536 Å². The molecule has 0 atom stereocenters. The van der Waals surface area contributed by atoms with E-state index in [0.717, 1.165) is 28.4 Å². The van der Waals surface area contributed by atoms with Gasteiger partial charge < -0.3 is 9.80 Å². The Hall–Kier alpha value is -9.50. The summed E-state index contributed by atoms with van der Waals surface area (Å²) in [7, 11) is 0. The molecule has 0 aromatic heterocycles. The van der Waals surface area contributed by atoms with E-state index in [1.807, 2.05) is 0 Å². The lowest BCUT2D eigenvalue weighted by Crippen LogP contribution is -2.26. The van der Waals surface area contributed by atoms with Crippen LogP contribution in [0, 0.1) is 6.92 Å². The average Bonchev–Trinajstić information content (AvgIpc) is 1.60. The van der Waals surface area contributed by atoms with Crippen LogP contribution in [0.25, 0.3) is 77.5 Å². The van der Waals surface area contributed by atoms with Crippen LogP contribution in [0.15, 0.2) is 285 Å². The largest absolute Gasteiger partial charge is 0.311 e. The number of anilines is 6. The van der Waals surface area contributed by atoms with Crippen LogP contribution >= 0.6 is 0 Å². The van der Waals surface area contributed by atoms with Crippen LogP contribution in [-0.4, -0.2) is 0 Å².